The molecular formula is C53H79N11O16. The normalized spacial score (nSPS) is 22.5. The summed E-state index contributed by atoms with van der Waals surface area (Å²) in [6, 6.07) is -2.05. The zero-order chi connectivity index (χ0) is 58.0. The van der Waals surface area contributed by atoms with Gasteiger partial charge in [-0.05, 0) is 68.7 Å². The lowest BCUT2D eigenvalue weighted by Gasteiger charge is -2.35. The second-order valence-corrected chi connectivity index (χ2v) is 21.4. The van der Waals surface area contributed by atoms with E-state index in [1.54, 1.807) is 13.0 Å². The van der Waals surface area contributed by atoms with Crippen LogP contribution in [0, 0.1) is 17.8 Å². The van der Waals surface area contributed by atoms with E-state index in [1.807, 2.05) is 38.5 Å². The molecule has 442 valence electrons. The number of hydrogen-bond donors (Lipinski definition) is 9. The molecule has 1 aromatic heterocycles. The Kier molecular flexibility index (Phi) is 23.5. The number of Topliss-reactive ketones (excluding diaryl/α,β-unsaturated/α-hetero) is 1. The van der Waals surface area contributed by atoms with Gasteiger partial charge in [-0.2, -0.15) is 0 Å². The summed E-state index contributed by atoms with van der Waals surface area (Å²) in [6.45, 7) is 8.58. The Hall–Kier alpha value is -6.81. The number of amides is 6. The fraction of sp³-hybridized carbons (Fsp3) is 0.679. The first-order valence-electron chi connectivity index (χ1n) is 27.6. The molecule has 0 saturated carbocycles. The summed E-state index contributed by atoms with van der Waals surface area (Å²) in [4.78, 5) is 148. The number of likely N-dealkylation sites (tertiary alicyclic amines) is 1. The quantitative estimate of drug-likeness (QED) is 0.0415. The Morgan fingerprint density at radius 1 is 0.700 bits per heavy atom. The van der Waals surface area contributed by atoms with Gasteiger partial charge in [0.25, 0.3) is 0 Å². The summed E-state index contributed by atoms with van der Waals surface area (Å²) in [6.07, 6.45) is 4.01. The first-order chi connectivity index (χ1) is 38.2. The molecule has 6 amide bonds. The van der Waals surface area contributed by atoms with Gasteiger partial charge in [0.2, 0.25) is 41.7 Å². The molecule has 3 unspecified atom stereocenters. The Morgan fingerprint density at radius 2 is 1.32 bits per heavy atom. The molecule has 4 aliphatic heterocycles. The second-order valence-electron chi connectivity index (χ2n) is 21.4. The van der Waals surface area contributed by atoms with Crippen LogP contribution in [0.5, 0.6) is 0 Å². The smallest absolute Gasteiger partial charge is 0.317 e. The van der Waals surface area contributed by atoms with Crippen molar-refractivity contribution in [1.82, 2.24) is 56.1 Å². The molecule has 5 heterocycles. The van der Waals surface area contributed by atoms with E-state index in [-0.39, 0.29) is 88.0 Å². The number of esters is 1. The van der Waals surface area contributed by atoms with Gasteiger partial charge in [-0.25, -0.2) is 0 Å². The molecule has 80 heavy (non-hydrogen) atoms. The van der Waals surface area contributed by atoms with Crippen LogP contribution in [0.15, 0.2) is 18.3 Å². The molecular weight excluding hydrogens is 1050 g/mol. The molecule has 27 heteroatoms. The van der Waals surface area contributed by atoms with Crippen molar-refractivity contribution in [3.8, 4) is 0 Å². The predicted octanol–water partition coefficient (Wildman–Crippen LogP) is -2.40. The number of hydrogen-bond acceptors (Lipinski definition) is 17. The Balaban J connectivity index is 0.914. The SMILES string of the molecule is CCC(C)C(NC(=O)CCNC(=O)CCNC(=O)C(CCC(=O)O)NC(=O)CN1CCC(CN2CCN(CC(=O)O)CCN(CC(=O)O)CC2)CC1)C(=O)N[C@H]1CCn2ccc3c2C(=C[C@@H](C(=O)N[C@H]2CC(=O)O[C@H]2OC)C3)C1=O. The standard InChI is InChI=1S/C53H79N11O16/c1-4-32(2)47(52(78)57-37-12-18-64-17-11-34-25-35(26-36(48(34)64)49(37)75)50(76)58-39-27-46(74)80-53(39)79-3)59-41(66)8-13-54-40(65)7-14-55-51(77)38(5-6-43(68)69)56-42(67)29-60-15-9-33(10-16-60)28-61-19-21-62(30-44(70)71)23-24-63(22-20-61)31-45(72)73/h11,17,26,32-33,35,37-39,47,53H,4-10,12-16,18-25,27-31H2,1-3H3,(H,54,65)(H,55,77)(H,56,67)(H,57,78)(H,58,76)(H,59,66)(H,68,69)(H,70,71)(H,72,73)/t32?,35-,37-,38?,39-,47?,53+/m0/s1. The molecule has 0 radical (unpaired) electrons. The third kappa shape index (κ3) is 18.6. The number of ketones is 1. The monoisotopic (exact) mass is 1130 g/mol. The van der Waals surface area contributed by atoms with Crippen LogP contribution < -0.4 is 31.9 Å². The van der Waals surface area contributed by atoms with Crippen molar-refractivity contribution in [2.45, 2.75) is 115 Å². The zero-order valence-electron chi connectivity index (χ0n) is 45.9. The highest BCUT2D eigenvalue weighted by atomic mass is 16.7. The van der Waals surface area contributed by atoms with E-state index in [9.17, 15) is 68.1 Å². The Morgan fingerprint density at radius 3 is 1.95 bits per heavy atom. The third-order valence-corrected chi connectivity index (χ3v) is 15.5. The molecule has 3 fully saturated rings. The first-order valence-corrected chi connectivity index (χ1v) is 27.6. The van der Waals surface area contributed by atoms with Crippen molar-refractivity contribution >= 4 is 70.7 Å². The number of carboxylic acid groups (broad SMARTS) is 3. The molecule has 27 nitrogen and oxygen atoms in total. The summed E-state index contributed by atoms with van der Waals surface area (Å²) < 4.78 is 12.2. The minimum Gasteiger partial charge on any atom is -0.481 e. The number of aromatic nitrogens is 1. The number of carboxylic acids is 3. The number of aryl methyl sites for hydroxylation is 1. The lowest BCUT2D eigenvalue weighted by molar-refractivity contribution is -0.160. The fourth-order valence-corrected chi connectivity index (χ4v) is 10.8. The van der Waals surface area contributed by atoms with Gasteiger partial charge in [-0.15, -0.1) is 0 Å². The Labute approximate surface area is 464 Å². The van der Waals surface area contributed by atoms with E-state index in [0.29, 0.717) is 77.4 Å². The maximum Gasteiger partial charge on any atom is 0.317 e. The van der Waals surface area contributed by atoms with Gasteiger partial charge in [0.1, 0.15) is 18.1 Å². The van der Waals surface area contributed by atoms with Crippen molar-refractivity contribution in [3.63, 3.8) is 0 Å². The van der Waals surface area contributed by atoms with Crippen LogP contribution in [0.25, 0.3) is 5.57 Å². The predicted molar refractivity (Wildman–Crippen MR) is 284 cm³/mol. The molecule has 6 rings (SSSR count). The molecule has 3 saturated heterocycles. The maximum atomic E-state index is 14.2. The van der Waals surface area contributed by atoms with Crippen LogP contribution in [0.3, 0.4) is 0 Å². The summed E-state index contributed by atoms with van der Waals surface area (Å²) in [5.74, 6) is -7.97. The molecule has 1 aliphatic carbocycles. The van der Waals surface area contributed by atoms with E-state index in [4.69, 9.17) is 9.47 Å². The van der Waals surface area contributed by atoms with Gasteiger partial charge in [0.05, 0.1) is 43.7 Å². The second kappa shape index (κ2) is 30.1. The molecule has 0 spiro atoms. The van der Waals surface area contributed by atoms with Crippen molar-refractivity contribution < 1.29 is 77.5 Å². The topological polar surface area (TPSA) is 357 Å². The lowest BCUT2D eigenvalue weighted by Crippen LogP contribution is -2.54. The number of aliphatic carboxylic acids is 3. The number of rotatable bonds is 27. The van der Waals surface area contributed by atoms with Crippen LogP contribution >= 0.6 is 0 Å². The van der Waals surface area contributed by atoms with E-state index in [1.165, 1.54) is 7.11 Å². The van der Waals surface area contributed by atoms with E-state index in [0.717, 1.165) is 24.9 Å². The molecule has 0 aromatic carbocycles. The zero-order valence-corrected chi connectivity index (χ0v) is 45.9. The lowest BCUT2D eigenvalue weighted by atomic mass is 9.85. The Bertz CT molecular complexity index is 2430. The molecule has 0 bridgehead atoms. The van der Waals surface area contributed by atoms with E-state index in [2.05, 4.69) is 36.8 Å². The summed E-state index contributed by atoms with van der Waals surface area (Å²) in [5.41, 5.74) is 1.74. The van der Waals surface area contributed by atoms with Crippen molar-refractivity contribution in [1.29, 1.82) is 0 Å². The minimum absolute atomic E-state index is 0.0290. The molecule has 7 atom stereocenters. The van der Waals surface area contributed by atoms with Gasteiger partial charge >= 0.3 is 23.9 Å². The number of nitrogens with zero attached hydrogens (tertiary/aromatic N) is 5. The minimum atomic E-state index is -1.19. The van der Waals surface area contributed by atoms with Gasteiger partial charge in [0, 0.05) is 104 Å². The summed E-state index contributed by atoms with van der Waals surface area (Å²) >= 11 is 0. The van der Waals surface area contributed by atoms with Gasteiger partial charge in [-0.1, -0.05) is 26.3 Å². The fourth-order valence-electron chi connectivity index (χ4n) is 10.8. The van der Waals surface area contributed by atoms with Gasteiger partial charge in [0.15, 0.2) is 5.78 Å². The number of carbonyl (C=O) groups excluding carboxylic acids is 8. The number of carbonyl (C=O) groups is 11. The maximum absolute atomic E-state index is 14.2. The highest BCUT2D eigenvalue weighted by Crippen LogP contribution is 2.35. The number of cyclic esters (lactones) is 1. The van der Waals surface area contributed by atoms with Crippen LogP contribution in [0.1, 0.15) is 82.9 Å². The summed E-state index contributed by atoms with van der Waals surface area (Å²) in [7, 11) is 1.37. The molecule has 1 aromatic rings. The highest BCUT2D eigenvalue weighted by molar-refractivity contribution is 6.24. The van der Waals surface area contributed by atoms with Crippen LogP contribution in [0.4, 0.5) is 0 Å². The van der Waals surface area contributed by atoms with Crippen LogP contribution in [-0.2, 0) is 75.2 Å². The average Bonchev–Trinajstić information content (AvgIpc) is 4.01. The number of ether oxygens (including phenoxy) is 2. The first kappa shape index (κ1) is 62.4. The van der Waals surface area contributed by atoms with Crippen LogP contribution in [0.2, 0.25) is 0 Å². The number of nitrogens with one attached hydrogen (secondary N) is 6. The third-order valence-electron chi connectivity index (χ3n) is 15.5. The van der Waals surface area contributed by atoms with E-state index < -0.39 is 102 Å². The number of methoxy groups -OCH3 is 1. The molecule has 9 N–H and O–H groups in total. The van der Waals surface area contributed by atoms with Gasteiger partial charge < -0.3 is 66.2 Å². The van der Waals surface area contributed by atoms with Gasteiger partial charge in [-0.3, -0.25) is 67.4 Å². The number of piperidine rings is 1. The highest BCUT2D eigenvalue weighted by Gasteiger charge is 2.41. The van der Waals surface area contributed by atoms with Crippen molar-refractivity contribution in [3.05, 3.63) is 29.6 Å². The van der Waals surface area contributed by atoms with Crippen LogP contribution in [-0.4, -0.2) is 234 Å². The molecule has 5 aliphatic rings. The average molecular weight is 1130 g/mol. The largest absolute Gasteiger partial charge is 0.481 e. The summed E-state index contributed by atoms with van der Waals surface area (Å²) in [5, 5.41) is 44.4. The van der Waals surface area contributed by atoms with Crippen molar-refractivity contribution in [2.75, 3.05) is 98.7 Å². The van der Waals surface area contributed by atoms with Crippen molar-refractivity contribution in [2.24, 2.45) is 17.8 Å². The van der Waals surface area contributed by atoms with E-state index >= 15 is 0 Å².